The van der Waals surface area contributed by atoms with Crippen LogP contribution in [0.5, 0.6) is 0 Å². The zero-order valence-electron chi connectivity index (χ0n) is 11.6. The molecule has 2 nitrogen and oxygen atoms in total. The van der Waals surface area contributed by atoms with Crippen LogP contribution >= 0.6 is 0 Å². The SMILES string of the molecule is O=C(CCCCc1ccccc1)OCc1ccccc1. The van der Waals surface area contributed by atoms with Crippen molar-refractivity contribution < 1.29 is 9.53 Å². The Morgan fingerprint density at radius 3 is 2.05 bits per heavy atom. The van der Waals surface area contributed by atoms with Crippen molar-refractivity contribution >= 4 is 5.97 Å². The van der Waals surface area contributed by atoms with Crippen LogP contribution in [0.2, 0.25) is 0 Å². The molecule has 2 rings (SSSR count). The van der Waals surface area contributed by atoms with Crippen molar-refractivity contribution in [1.29, 1.82) is 0 Å². The fourth-order valence-electron chi connectivity index (χ4n) is 2.05. The number of carbonyl (C=O) groups excluding carboxylic acids is 1. The molecule has 0 aliphatic heterocycles. The molecule has 0 aliphatic carbocycles. The third kappa shape index (κ3) is 5.27. The van der Waals surface area contributed by atoms with Crippen LogP contribution in [-0.4, -0.2) is 5.97 Å². The van der Waals surface area contributed by atoms with Gasteiger partial charge in [0.25, 0.3) is 0 Å². The molecule has 2 heteroatoms. The van der Waals surface area contributed by atoms with Crippen LogP contribution in [0.4, 0.5) is 0 Å². The third-order valence-corrected chi connectivity index (χ3v) is 3.18. The smallest absolute Gasteiger partial charge is 0.306 e. The van der Waals surface area contributed by atoms with Crippen LogP contribution in [0, 0.1) is 0 Å². The maximum Gasteiger partial charge on any atom is 0.306 e. The van der Waals surface area contributed by atoms with E-state index in [0.717, 1.165) is 24.8 Å². The Bertz CT molecular complexity index is 505. The van der Waals surface area contributed by atoms with Gasteiger partial charge in [0.1, 0.15) is 6.61 Å². The van der Waals surface area contributed by atoms with Crippen molar-refractivity contribution in [2.75, 3.05) is 0 Å². The number of aryl methyl sites for hydroxylation is 1. The average Bonchev–Trinajstić information content (AvgIpc) is 2.52. The van der Waals surface area contributed by atoms with Crippen molar-refractivity contribution in [3.63, 3.8) is 0 Å². The molecule has 0 aliphatic rings. The molecule has 0 saturated heterocycles. The Kier molecular flexibility index (Phi) is 5.84. The summed E-state index contributed by atoms with van der Waals surface area (Å²) >= 11 is 0. The molecule has 2 aromatic carbocycles. The largest absolute Gasteiger partial charge is 0.461 e. The van der Waals surface area contributed by atoms with E-state index < -0.39 is 0 Å². The van der Waals surface area contributed by atoms with Crippen LogP contribution in [0.15, 0.2) is 60.7 Å². The number of unbranched alkanes of at least 4 members (excludes halogenated alkanes) is 1. The van der Waals surface area contributed by atoms with Crippen molar-refractivity contribution in [1.82, 2.24) is 0 Å². The second-order valence-corrected chi connectivity index (χ2v) is 4.84. The fraction of sp³-hybridized carbons (Fsp3) is 0.278. The van der Waals surface area contributed by atoms with E-state index in [-0.39, 0.29) is 5.97 Å². The first-order valence-electron chi connectivity index (χ1n) is 7.08. The summed E-state index contributed by atoms with van der Waals surface area (Å²) in [5.74, 6) is -0.109. The Morgan fingerprint density at radius 1 is 0.800 bits per heavy atom. The Morgan fingerprint density at radius 2 is 1.40 bits per heavy atom. The lowest BCUT2D eigenvalue weighted by atomic mass is 10.1. The first-order valence-corrected chi connectivity index (χ1v) is 7.08. The molecule has 0 bridgehead atoms. The van der Waals surface area contributed by atoms with Gasteiger partial charge in [-0.15, -0.1) is 0 Å². The van der Waals surface area contributed by atoms with Gasteiger partial charge < -0.3 is 4.74 Å². The molecule has 2 aromatic rings. The van der Waals surface area contributed by atoms with Crippen molar-refractivity contribution in [2.24, 2.45) is 0 Å². The summed E-state index contributed by atoms with van der Waals surface area (Å²) in [6.07, 6.45) is 3.42. The first-order chi connectivity index (χ1) is 9.84. The Labute approximate surface area is 120 Å². The van der Waals surface area contributed by atoms with Crippen molar-refractivity contribution in [3.05, 3.63) is 71.8 Å². The molecular formula is C18H20O2. The highest BCUT2D eigenvalue weighted by molar-refractivity contribution is 5.69. The van der Waals surface area contributed by atoms with Crippen LogP contribution < -0.4 is 0 Å². The number of rotatable bonds is 7. The molecule has 0 N–H and O–H groups in total. The molecule has 0 aromatic heterocycles. The van der Waals surface area contributed by atoms with Crippen LogP contribution in [0.1, 0.15) is 30.4 Å². The summed E-state index contributed by atoms with van der Waals surface area (Å²) in [5, 5.41) is 0. The summed E-state index contributed by atoms with van der Waals surface area (Å²) in [6, 6.07) is 20.1. The molecule has 0 atom stereocenters. The number of carbonyl (C=O) groups is 1. The Balaban J connectivity index is 1.59. The van der Waals surface area contributed by atoms with E-state index in [9.17, 15) is 4.79 Å². The van der Waals surface area contributed by atoms with E-state index in [1.807, 2.05) is 48.5 Å². The summed E-state index contributed by atoms with van der Waals surface area (Å²) in [7, 11) is 0. The predicted molar refractivity (Wildman–Crippen MR) is 80.2 cm³/mol. The highest BCUT2D eigenvalue weighted by Gasteiger charge is 2.03. The number of hydrogen-bond donors (Lipinski definition) is 0. The molecule has 0 saturated carbocycles. The number of ether oxygens (including phenoxy) is 1. The molecule has 0 radical (unpaired) electrons. The second-order valence-electron chi connectivity index (χ2n) is 4.84. The van der Waals surface area contributed by atoms with Gasteiger partial charge in [-0.05, 0) is 30.4 Å². The topological polar surface area (TPSA) is 26.3 Å². The lowest BCUT2D eigenvalue weighted by molar-refractivity contribution is -0.145. The monoisotopic (exact) mass is 268 g/mol. The van der Waals surface area contributed by atoms with Gasteiger partial charge in [0.15, 0.2) is 0 Å². The van der Waals surface area contributed by atoms with Crippen molar-refractivity contribution in [3.8, 4) is 0 Å². The third-order valence-electron chi connectivity index (χ3n) is 3.18. The summed E-state index contributed by atoms with van der Waals surface area (Å²) < 4.78 is 5.24. The molecule has 0 fully saturated rings. The van der Waals surface area contributed by atoms with E-state index >= 15 is 0 Å². The van der Waals surface area contributed by atoms with E-state index in [1.165, 1.54) is 5.56 Å². The minimum absolute atomic E-state index is 0.109. The van der Waals surface area contributed by atoms with Gasteiger partial charge in [0.2, 0.25) is 0 Å². The van der Waals surface area contributed by atoms with E-state index in [1.54, 1.807) is 0 Å². The summed E-state index contributed by atoms with van der Waals surface area (Å²) in [5.41, 5.74) is 2.36. The van der Waals surface area contributed by atoms with Gasteiger partial charge in [0, 0.05) is 6.42 Å². The lowest BCUT2D eigenvalue weighted by Gasteiger charge is -2.05. The van der Waals surface area contributed by atoms with E-state index in [0.29, 0.717) is 13.0 Å². The van der Waals surface area contributed by atoms with Crippen molar-refractivity contribution in [2.45, 2.75) is 32.3 Å². The minimum atomic E-state index is -0.109. The average molecular weight is 268 g/mol. The van der Waals surface area contributed by atoms with Gasteiger partial charge in [-0.2, -0.15) is 0 Å². The Hall–Kier alpha value is -2.09. The summed E-state index contributed by atoms with van der Waals surface area (Å²) in [4.78, 5) is 11.6. The maximum atomic E-state index is 11.6. The number of benzene rings is 2. The lowest BCUT2D eigenvalue weighted by Crippen LogP contribution is -2.04. The summed E-state index contributed by atoms with van der Waals surface area (Å²) in [6.45, 7) is 0.373. The number of esters is 1. The standard InChI is InChI=1S/C18H20O2/c19-18(20-15-17-12-5-2-6-13-17)14-8-7-11-16-9-3-1-4-10-16/h1-6,9-10,12-13H,7-8,11,14-15H2. The van der Waals surface area contributed by atoms with Gasteiger partial charge in [-0.3, -0.25) is 4.79 Å². The van der Waals surface area contributed by atoms with Gasteiger partial charge >= 0.3 is 5.97 Å². The normalized spacial score (nSPS) is 10.2. The number of hydrogen-bond acceptors (Lipinski definition) is 2. The predicted octanol–water partition coefficient (Wildman–Crippen LogP) is 4.14. The van der Waals surface area contributed by atoms with Crippen LogP contribution in [0.25, 0.3) is 0 Å². The molecule has 104 valence electrons. The van der Waals surface area contributed by atoms with Gasteiger partial charge in [-0.25, -0.2) is 0 Å². The molecule has 0 spiro atoms. The van der Waals surface area contributed by atoms with Crippen LogP contribution in [-0.2, 0) is 22.6 Å². The zero-order chi connectivity index (χ0) is 14.0. The van der Waals surface area contributed by atoms with Gasteiger partial charge in [0.05, 0.1) is 0 Å². The molecule has 0 unspecified atom stereocenters. The maximum absolute atomic E-state index is 11.6. The van der Waals surface area contributed by atoms with Gasteiger partial charge in [-0.1, -0.05) is 60.7 Å². The fourth-order valence-corrected chi connectivity index (χ4v) is 2.05. The van der Waals surface area contributed by atoms with E-state index in [2.05, 4.69) is 12.1 Å². The quantitative estimate of drug-likeness (QED) is 0.557. The highest BCUT2D eigenvalue weighted by atomic mass is 16.5. The molecular weight excluding hydrogens is 248 g/mol. The highest BCUT2D eigenvalue weighted by Crippen LogP contribution is 2.08. The molecule has 0 heterocycles. The van der Waals surface area contributed by atoms with E-state index in [4.69, 9.17) is 4.74 Å². The van der Waals surface area contributed by atoms with Crippen LogP contribution in [0.3, 0.4) is 0 Å². The zero-order valence-corrected chi connectivity index (χ0v) is 11.6. The second kappa shape index (κ2) is 8.16. The first kappa shape index (κ1) is 14.3. The molecule has 20 heavy (non-hydrogen) atoms. The molecule has 0 amide bonds. The minimum Gasteiger partial charge on any atom is -0.461 e.